The molecule has 1 N–H and O–H groups in total. The van der Waals surface area contributed by atoms with Gasteiger partial charge >= 0.3 is 0 Å². The van der Waals surface area contributed by atoms with E-state index in [1.807, 2.05) is 7.05 Å². The lowest BCUT2D eigenvalue weighted by molar-refractivity contribution is 0.505. The molecule has 0 spiro atoms. The lowest BCUT2D eigenvalue weighted by atomic mass is 10.0. The zero-order valence-electron chi connectivity index (χ0n) is 8.65. The summed E-state index contributed by atoms with van der Waals surface area (Å²) in [4.78, 5) is 0. The second-order valence-electron chi connectivity index (χ2n) is 3.53. The Bertz CT molecular complexity index is 255. The average molecular weight is 183 g/mol. The molecule has 0 radical (unpaired) electrons. The summed E-state index contributed by atoms with van der Waals surface area (Å²) in [6.07, 6.45) is 1.07. The molecule has 1 unspecified atom stereocenters. The minimum atomic E-state index is 0.435. The first-order valence-corrected chi connectivity index (χ1v) is 4.64. The van der Waals surface area contributed by atoms with E-state index in [2.05, 4.69) is 41.6 Å². The van der Waals surface area contributed by atoms with Crippen molar-refractivity contribution in [1.82, 2.24) is 20.2 Å². The average Bonchev–Trinajstić information content (AvgIpc) is 2.46. The summed E-state index contributed by atoms with van der Waals surface area (Å²) < 4.78 is 1.64. The number of tetrazole rings is 1. The number of nitrogens with one attached hydrogen (secondary N) is 1. The van der Waals surface area contributed by atoms with E-state index in [0.29, 0.717) is 12.0 Å². The first-order chi connectivity index (χ1) is 6.15. The molecule has 0 amide bonds. The SMILES string of the molecule is CCC(Nc1nnnn1C)C(C)C. The minimum absolute atomic E-state index is 0.435. The van der Waals surface area contributed by atoms with Crippen LogP contribution in [-0.2, 0) is 7.05 Å². The second-order valence-corrected chi connectivity index (χ2v) is 3.53. The molecule has 1 aromatic rings. The van der Waals surface area contributed by atoms with Crippen LogP contribution in [0.3, 0.4) is 0 Å². The van der Waals surface area contributed by atoms with Gasteiger partial charge in [-0.25, -0.2) is 4.68 Å². The van der Waals surface area contributed by atoms with Gasteiger partial charge in [0, 0.05) is 13.1 Å². The molecule has 1 rings (SSSR count). The van der Waals surface area contributed by atoms with Crippen molar-refractivity contribution in [1.29, 1.82) is 0 Å². The van der Waals surface area contributed by atoms with Crippen LogP contribution in [0.4, 0.5) is 5.95 Å². The number of hydrogen-bond acceptors (Lipinski definition) is 4. The third-order valence-corrected chi connectivity index (χ3v) is 2.18. The second kappa shape index (κ2) is 4.20. The lowest BCUT2D eigenvalue weighted by Gasteiger charge is -2.20. The van der Waals surface area contributed by atoms with Gasteiger partial charge in [0.2, 0.25) is 5.95 Å². The molecule has 0 saturated heterocycles. The highest BCUT2D eigenvalue weighted by Gasteiger charge is 2.13. The number of nitrogens with zero attached hydrogens (tertiary/aromatic N) is 4. The van der Waals surface area contributed by atoms with E-state index in [1.54, 1.807) is 4.68 Å². The molecular weight excluding hydrogens is 166 g/mol. The van der Waals surface area contributed by atoms with Crippen LogP contribution >= 0.6 is 0 Å². The number of rotatable bonds is 4. The molecule has 0 bridgehead atoms. The van der Waals surface area contributed by atoms with Crippen molar-refractivity contribution in [2.24, 2.45) is 13.0 Å². The summed E-state index contributed by atoms with van der Waals surface area (Å²) in [5.41, 5.74) is 0. The number of aryl methyl sites for hydroxylation is 1. The zero-order chi connectivity index (χ0) is 9.84. The Morgan fingerprint density at radius 2 is 2.15 bits per heavy atom. The van der Waals surface area contributed by atoms with Gasteiger partial charge in [-0.05, 0) is 22.8 Å². The molecule has 5 nitrogen and oxygen atoms in total. The Hall–Kier alpha value is -1.13. The summed E-state index contributed by atoms with van der Waals surface area (Å²) in [5, 5.41) is 14.5. The Morgan fingerprint density at radius 1 is 1.46 bits per heavy atom. The van der Waals surface area contributed by atoms with Gasteiger partial charge in [-0.15, -0.1) is 0 Å². The molecule has 1 aromatic heterocycles. The van der Waals surface area contributed by atoms with E-state index >= 15 is 0 Å². The molecule has 5 heteroatoms. The predicted octanol–water partition coefficient (Wildman–Crippen LogP) is 1.06. The predicted molar refractivity (Wildman–Crippen MR) is 51.3 cm³/mol. The van der Waals surface area contributed by atoms with Gasteiger partial charge in [-0.1, -0.05) is 25.9 Å². The number of anilines is 1. The van der Waals surface area contributed by atoms with E-state index < -0.39 is 0 Å². The standard InChI is InChI=1S/C8H17N5/c1-5-7(6(2)3)9-8-10-11-12-13(8)4/h6-7H,5H2,1-4H3,(H,9,10,12). The maximum absolute atomic E-state index is 3.88. The Kier molecular flexibility index (Phi) is 3.22. The van der Waals surface area contributed by atoms with Gasteiger partial charge in [-0.3, -0.25) is 0 Å². The van der Waals surface area contributed by atoms with Gasteiger partial charge in [0.15, 0.2) is 0 Å². The molecule has 0 saturated carbocycles. The van der Waals surface area contributed by atoms with Gasteiger partial charge in [0.25, 0.3) is 0 Å². The fourth-order valence-corrected chi connectivity index (χ4v) is 1.26. The monoisotopic (exact) mass is 183 g/mol. The minimum Gasteiger partial charge on any atom is -0.350 e. The Labute approximate surface area is 78.5 Å². The molecule has 1 atom stereocenters. The fourth-order valence-electron chi connectivity index (χ4n) is 1.26. The first-order valence-electron chi connectivity index (χ1n) is 4.64. The van der Waals surface area contributed by atoms with Gasteiger partial charge < -0.3 is 5.32 Å². The first kappa shape index (κ1) is 9.95. The Morgan fingerprint density at radius 3 is 2.54 bits per heavy atom. The third-order valence-electron chi connectivity index (χ3n) is 2.18. The largest absolute Gasteiger partial charge is 0.350 e. The summed E-state index contributed by atoms with van der Waals surface area (Å²) in [5.74, 6) is 1.32. The summed E-state index contributed by atoms with van der Waals surface area (Å²) in [6, 6.07) is 0.435. The highest BCUT2D eigenvalue weighted by Crippen LogP contribution is 2.10. The molecule has 0 aromatic carbocycles. The van der Waals surface area contributed by atoms with Crippen LogP contribution in [0.2, 0.25) is 0 Å². The molecule has 0 aliphatic heterocycles. The van der Waals surface area contributed by atoms with E-state index in [9.17, 15) is 0 Å². The Balaban J connectivity index is 2.62. The van der Waals surface area contributed by atoms with Crippen molar-refractivity contribution in [3.63, 3.8) is 0 Å². The summed E-state index contributed by atoms with van der Waals surface area (Å²) in [6.45, 7) is 6.53. The van der Waals surface area contributed by atoms with E-state index in [1.165, 1.54) is 0 Å². The van der Waals surface area contributed by atoms with Gasteiger partial charge in [0.1, 0.15) is 0 Å². The molecule has 0 fully saturated rings. The highest BCUT2D eigenvalue weighted by atomic mass is 15.6. The van der Waals surface area contributed by atoms with Crippen LogP contribution < -0.4 is 5.32 Å². The number of hydrogen-bond donors (Lipinski definition) is 1. The molecule has 74 valence electrons. The van der Waals surface area contributed by atoms with Crippen LogP contribution in [0.1, 0.15) is 27.2 Å². The number of aromatic nitrogens is 4. The van der Waals surface area contributed by atoms with E-state index in [4.69, 9.17) is 0 Å². The summed E-state index contributed by atoms with van der Waals surface area (Å²) >= 11 is 0. The summed E-state index contributed by atoms with van der Waals surface area (Å²) in [7, 11) is 1.83. The topological polar surface area (TPSA) is 55.6 Å². The van der Waals surface area contributed by atoms with E-state index in [-0.39, 0.29) is 0 Å². The smallest absolute Gasteiger partial charge is 0.242 e. The van der Waals surface area contributed by atoms with Crippen molar-refractivity contribution in [2.45, 2.75) is 33.2 Å². The molecule has 0 aliphatic carbocycles. The van der Waals surface area contributed by atoms with Crippen LogP contribution in [0.5, 0.6) is 0 Å². The molecule has 13 heavy (non-hydrogen) atoms. The molecule has 0 aliphatic rings. The van der Waals surface area contributed by atoms with E-state index in [0.717, 1.165) is 12.4 Å². The lowest BCUT2D eigenvalue weighted by Crippen LogP contribution is -2.26. The van der Waals surface area contributed by atoms with Crippen molar-refractivity contribution in [3.05, 3.63) is 0 Å². The van der Waals surface area contributed by atoms with Crippen LogP contribution in [-0.4, -0.2) is 26.2 Å². The molecule has 1 heterocycles. The highest BCUT2D eigenvalue weighted by molar-refractivity contribution is 5.23. The van der Waals surface area contributed by atoms with Crippen molar-refractivity contribution in [2.75, 3.05) is 5.32 Å². The maximum atomic E-state index is 3.88. The van der Waals surface area contributed by atoms with Crippen LogP contribution in [0, 0.1) is 5.92 Å². The fraction of sp³-hybridized carbons (Fsp3) is 0.875. The van der Waals surface area contributed by atoms with Gasteiger partial charge in [0.05, 0.1) is 0 Å². The molecular formula is C8H17N5. The van der Waals surface area contributed by atoms with Crippen LogP contribution in [0.25, 0.3) is 0 Å². The maximum Gasteiger partial charge on any atom is 0.242 e. The van der Waals surface area contributed by atoms with Crippen LogP contribution in [0.15, 0.2) is 0 Å². The van der Waals surface area contributed by atoms with Crippen molar-refractivity contribution >= 4 is 5.95 Å². The quantitative estimate of drug-likeness (QED) is 0.758. The van der Waals surface area contributed by atoms with Crippen molar-refractivity contribution in [3.8, 4) is 0 Å². The third kappa shape index (κ3) is 2.40. The normalized spacial score (nSPS) is 13.3. The van der Waals surface area contributed by atoms with Gasteiger partial charge in [-0.2, -0.15) is 0 Å². The van der Waals surface area contributed by atoms with Crippen molar-refractivity contribution < 1.29 is 0 Å². The zero-order valence-corrected chi connectivity index (χ0v) is 8.65.